The lowest BCUT2D eigenvalue weighted by molar-refractivity contribution is -0.508. The molecule has 0 atom stereocenters. The summed E-state index contributed by atoms with van der Waals surface area (Å²) in [6.45, 7) is 3.64. The molecule has 3 nitrogen and oxygen atoms in total. The maximum absolute atomic E-state index is 12.8. The molecule has 106 valence electrons. The molecule has 3 heteroatoms. The van der Waals surface area contributed by atoms with Crippen molar-refractivity contribution in [3.63, 3.8) is 0 Å². The lowest BCUT2D eigenvalue weighted by Gasteiger charge is -2.27. The summed E-state index contributed by atoms with van der Waals surface area (Å²) in [5.74, 6) is 0. The molecule has 1 aliphatic carbocycles. The third-order valence-electron chi connectivity index (χ3n) is 4.05. The standard InChI is InChI=1S/C17H22N2O/c1-17(2,13-18)16(14-9-5-3-6-10-14)19(20)15-11-7-4-8-12-15/h3,5-6,9-10,15H,4,7-8,11-12H2,1-2H3/b19-16+. The van der Waals surface area contributed by atoms with Gasteiger partial charge < -0.3 is 5.21 Å². The summed E-state index contributed by atoms with van der Waals surface area (Å²) in [5, 5.41) is 22.3. The Morgan fingerprint density at radius 1 is 1.20 bits per heavy atom. The van der Waals surface area contributed by atoms with Gasteiger partial charge in [-0.15, -0.1) is 0 Å². The van der Waals surface area contributed by atoms with E-state index in [0.29, 0.717) is 5.71 Å². The number of nitrogens with zero attached hydrogens (tertiary/aromatic N) is 2. The van der Waals surface area contributed by atoms with Crippen LogP contribution < -0.4 is 0 Å². The summed E-state index contributed by atoms with van der Waals surface area (Å²) < 4.78 is 1.12. The van der Waals surface area contributed by atoms with Crippen molar-refractivity contribution in [3.05, 3.63) is 41.1 Å². The van der Waals surface area contributed by atoms with Crippen LogP contribution in [-0.2, 0) is 0 Å². The van der Waals surface area contributed by atoms with Crippen molar-refractivity contribution in [1.82, 2.24) is 0 Å². The van der Waals surface area contributed by atoms with E-state index in [9.17, 15) is 10.5 Å². The minimum Gasteiger partial charge on any atom is -0.623 e. The van der Waals surface area contributed by atoms with Gasteiger partial charge in [-0.2, -0.15) is 5.26 Å². The highest BCUT2D eigenvalue weighted by Gasteiger charge is 2.36. The Morgan fingerprint density at radius 2 is 1.80 bits per heavy atom. The molecule has 20 heavy (non-hydrogen) atoms. The highest BCUT2D eigenvalue weighted by molar-refractivity contribution is 6.02. The zero-order chi connectivity index (χ0) is 14.6. The maximum Gasteiger partial charge on any atom is 0.214 e. The van der Waals surface area contributed by atoms with Crippen molar-refractivity contribution < 1.29 is 4.74 Å². The third-order valence-corrected chi connectivity index (χ3v) is 4.05. The van der Waals surface area contributed by atoms with Gasteiger partial charge in [-0.1, -0.05) is 24.6 Å². The summed E-state index contributed by atoms with van der Waals surface area (Å²) >= 11 is 0. The average Bonchev–Trinajstić information content (AvgIpc) is 2.49. The van der Waals surface area contributed by atoms with Crippen molar-refractivity contribution >= 4 is 5.71 Å². The fraction of sp³-hybridized carbons (Fsp3) is 0.529. The second-order valence-corrected chi connectivity index (χ2v) is 6.07. The summed E-state index contributed by atoms with van der Waals surface area (Å²) in [6.07, 6.45) is 5.30. The molecule has 0 radical (unpaired) electrons. The van der Waals surface area contributed by atoms with Crippen molar-refractivity contribution in [1.29, 1.82) is 5.26 Å². The molecule has 1 saturated carbocycles. The Labute approximate surface area is 121 Å². The van der Waals surface area contributed by atoms with E-state index in [1.807, 2.05) is 44.2 Å². The molecule has 0 aromatic heterocycles. The van der Waals surface area contributed by atoms with Gasteiger partial charge in [-0.25, -0.2) is 4.74 Å². The van der Waals surface area contributed by atoms with E-state index in [1.165, 1.54) is 6.42 Å². The number of nitriles is 1. The molecule has 1 aromatic rings. The van der Waals surface area contributed by atoms with E-state index in [-0.39, 0.29) is 6.04 Å². The molecule has 1 fully saturated rings. The van der Waals surface area contributed by atoms with Crippen molar-refractivity contribution in [2.75, 3.05) is 0 Å². The van der Waals surface area contributed by atoms with Gasteiger partial charge in [0.1, 0.15) is 5.41 Å². The first-order valence-electron chi connectivity index (χ1n) is 7.37. The first-order valence-corrected chi connectivity index (χ1v) is 7.37. The topological polar surface area (TPSA) is 49.9 Å². The monoisotopic (exact) mass is 270 g/mol. The fourth-order valence-electron chi connectivity index (χ4n) is 2.91. The van der Waals surface area contributed by atoms with Gasteiger partial charge in [0.05, 0.1) is 6.07 Å². The van der Waals surface area contributed by atoms with Crippen LogP contribution in [0.1, 0.15) is 51.5 Å². The lowest BCUT2D eigenvalue weighted by Crippen LogP contribution is -2.37. The van der Waals surface area contributed by atoms with Crippen LogP contribution in [0.25, 0.3) is 0 Å². The van der Waals surface area contributed by atoms with Gasteiger partial charge in [0.25, 0.3) is 0 Å². The molecule has 0 saturated heterocycles. The zero-order valence-corrected chi connectivity index (χ0v) is 12.3. The summed E-state index contributed by atoms with van der Waals surface area (Å²) in [4.78, 5) is 0. The first-order chi connectivity index (χ1) is 9.56. The predicted octanol–water partition coefficient (Wildman–Crippen LogP) is 3.87. The number of benzene rings is 1. The van der Waals surface area contributed by atoms with Crippen LogP contribution >= 0.6 is 0 Å². The molecule has 0 spiro atoms. The first kappa shape index (κ1) is 14.6. The highest BCUT2D eigenvalue weighted by Crippen LogP contribution is 2.26. The van der Waals surface area contributed by atoms with Crippen LogP contribution in [-0.4, -0.2) is 16.5 Å². The SMILES string of the molecule is CC(C)(C#N)/C(c1ccccc1)=[N+](/[O-])C1CCCCC1. The van der Waals surface area contributed by atoms with E-state index in [2.05, 4.69) is 6.07 Å². The van der Waals surface area contributed by atoms with E-state index < -0.39 is 5.41 Å². The molecule has 1 aromatic carbocycles. The largest absolute Gasteiger partial charge is 0.623 e. The normalized spacial score (nSPS) is 18.2. The predicted molar refractivity (Wildman–Crippen MR) is 80.4 cm³/mol. The van der Waals surface area contributed by atoms with Crippen LogP contribution in [0, 0.1) is 22.0 Å². The fourth-order valence-corrected chi connectivity index (χ4v) is 2.91. The molecule has 0 heterocycles. The van der Waals surface area contributed by atoms with Crippen molar-refractivity contribution in [2.45, 2.75) is 52.0 Å². The Morgan fingerprint density at radius 3 is 2.35 bits per heavy atom. The Kier molecular flexibility index (Phi) is 4.44. The summed E-state index contributed by atoms with van der Waals surface area (Å²) in [6, 6.07) is 11.9. The molecule has 0 unspecified atom stereocenters. The van der Waals surface area contributed by atoms with Gasteiger partial charge in [-0.3, -0.25) is 0 Å². The van der Waals surface area contributed by atoms with E-state index in [0.717, 1.165) is 36.0 Å². The number of rotatable bonds is 3. The minimum atomic E-state index is -0.777. The Hall–Kier alpha value is -1.82. The van der Waals surface area contributed by atoms with Crippen LogP contribution in [0.2, 0.25) is 0 Å². The maximum atomic E-state index is 12.8. The molecule has 1 aliphatic rings. The van der Waals surface area contributed by atoms with Gasteiger partial charge in [0.2, 0.25) is 5.71 Å². The second kappa shape index (κ2) is 6.09. The van der Waals surface area contributed by atoms with E-state index >= 15 is 0 Å². The third kappa shape index (κ3) is 3.01. The van der Waals surface area contributed by atoms with Gasteiger partial charge >= 0.3 is 0 Å². The quantitative estimate of drug-likeness (QED) is 0.362. The molecular formula is C17H22N2O. The van der Waals surface area contributed by atoms with Crippen molar-refractivity contribution in [3.8, 4) is 6.07 Å². The smallest absolute Gasteiger partial charge is 0.214 e. The lowest BCUT2D eigenvalue weighted by atomic mass is 9.84. The van der Waals surface area contributed by atoms with Crippen LogP contribution in [0.4, 0.5) is 0 Å². The van der Waals surface area contributed by atoms with Gasteiger partial charge in [-0.05, 0) is 38.8 Å². The zero-order valence-electron chi connectivity index (χ0n) is 12.3. The highest BCUT2D eigenvalue weighted by atomic mass is 16.5. The second-order valence-electron chi connectivity index (χ2n) is 6.07. The Balaban J connectivity index is 2.48. The molecule has 0 bridgehead atoms. The van der Waals surface area contributed by atoms with Gasteiger partial charge in [0.15, 0.2) is 6.04 Å². The minimum absolute atomic E-state index is 0.0200. The Bertz CT molecular complexity index is 520. The number of hydrogen-bond acceptors (Lipinski definition) is 2. The number of hydroxylamine groups is 1. The molecular weight excluding hydrogens is 248 g/mol. The summed E-state index contributed by atoms with van der Waals surface area (Å²) in [5.41, 5.74) is 0.688. The van der Waals surface area contributed by atoms with E-state index in [1.54, 1.807) is 0 Å². The molecule has 0 aliphatic heterocycles. The van der Waals surface area contributed by atoms with Crippen LogP contribution in [0.15, 0.2) is 30.3 Å². The van der Waals surface area contributed by atoms with Gasteiger partial charge in [0, 0.05) is 18.4 Å². The molecule has 0 amide bonds. The van der Waals surface area contributed by atoms with Crippen LogP contribution in [0.3, 0.4) is 0 Å². The number of hydrogen-bond donors (Lipinski definition) is 0. The molecule has 0 N–H and O–H groups in total. The van der Waals surface area contributed by atoms with E-state index in [4.69, 9.17) is 0 Å². The molecule has 2 rings (SSSR count). The van der Waals surface area contributed by atoms with Crippen molar-refractivity contribution in [2.24, 2.45) is 5.41 Å². The van der Waals surface area contributed by atoms with Crippen LogP contribution in [0.5, 0.6) is 0 Å². The summed E-state index contributed by atoms with van der Waals surface area (Å²) in [7, 11) is 0. The average molecular weight is 270 g/mol.